The topological polar surface area (TPSA) is 15.8 Å². The first-order chi connectivity index (χ1) is 7.26. The Morgan fingerprint density at radius 2 is 2.00 bits per heavy atom. The van der Waals surface area contributed by atoms with Gasteiger partial charge >= 0.3 is 0 Å². The standard InChI is InChI=1S/C13H16ClN/c1-3-9(4-2)12-8-15-13-6-5-10(14)7-11(12)13/h5-9,15H,3-4H2,1-2H3. The third-order valence-corrected chi connectivity index (χ3v) is 3.34. The Labute approximate surface area is 95.5 Å². The lowest BCUT2D eigenvalue weighted by Crippen LogP contribution is -1.93. The highest BCUT2D eigenvalue weighted by atomic mass is 35.5. The molecule has 1 N–H and O–H groups in total. The summed E-state index contributed by atoms with van der Waals surface area (Å²) in [6, 6.07) is 6.03. The molecule has 80 valence electrons. The molecular weight excluding hydrogens is 206 g/mol. The van der Waals surface area contributed by atoms with E-state index >= 15 is 0 Å². The van der Waals surface area contributed by atoms with Crippen LogP contribution < -0.4 is 0 Å². The van der Waals surface area contributed by atoms with Crippen molar-refractivity contribution in [3.05, 3.63) is 35.0 Å². The molecule has 0 fully saturated rings. The molecule has 2 rings (SSSR count). The van der Waals surface area contributed by atoms with Crippen LogP contribution in [0.1, 0.15) is 38.2 Å². The van der Waals surface area contributed by atoms with E-state index in [4.69, 9.17) is 11.6 Å². The maximum Gasteiger partial charge on any atom is 0.0457 e. The molecule has 0 radical (unpaired) electrons. The lowest BCUT2D eigenvalue weighted by atomic mass is 9.94. The van der Waals surface area contributed by atoms with E-state index in [0.717, 1.165) is 5.02 Å². The SMILES string of the molecule is CCC(CC)c1c[nH]c2ccc(Cl)cc12. The summed E-state index contributed by atoms with van der Waals surface area (Å²) in [6.45, 7) is 4.47. The van der Waals surface area contributed by atoms with E-state index in [9.17, 15) is 0 Å². The Morgan fingerprint density at radius 1 is 1.27 bits per heavy atom. The molecule has 0 amide bonds. The lowest BCUT2D eigenvalue weighted by molar-refractivity contribution is 0.646. The van der Waals surface area contributed by atoms with Crippen molar-refractivity contribution in [2.45, 2.75) is 32.6 Å². The van der Waals surface area contributed by atoms with Crippen molar-refractivity contribution in [3.63, 3.8) is 0 Å². The first kappa shape index (κ1) is 10.6. The molecule has 0 saturated carbocycles. The first-order valence-corrected chi connectivity index (χ1v) is 5.90. The third kappa shape index (κ3) is 1.89. The van der Waals surface area contributed by atoms with Gasteiger partial charge in [-0.25, -0.2) is 0 Å². The van der Waals surface area contributed by atoms with Crippen LogP contribution in [0.3, 0.4) is 0 Å². The molecular formula is C13H16ClN. The van der Waals surface area contributed by atoms with Gasteiger partial charge in [0, 0.05) is 22.1 Å². The van der Waals surface area contributed by atoms with Crippen LogP contribution in [-0.4, -0.2) is 4.98 Å². The quantitative estimate of drug-likeness (QED) is 0.772. The van der Waals surface area contributed by atoms with Gasteiger partial charge in [0.15, 0.2) is 0 Å². The largest absolute Gasteiger partial charge is 0.361 e. The molecule has 0 aliphatic carbocycles. The van der Waals surface area contributed by atoms with Gasteiger partial charge in [-0.1, -0.05) is 25.4 Å². The molecule has 0 spiro atoms. The average Bonchev–Trinajstić information content (AvgIpc) is 2.64. The second-order valence-electron chi connectivity index (χ2n) is 3.95. The summed E-state index contributed by atoms with van der Waals surface area (Å²) in [4.78, 5) is 3.31. The fourth-order valence-corrected chi connectivity index (χ4v) is 2.35. The molecule has 1 aromatic carbocycles. The van der Waals surface area contributed by atoms with Gasteiger partial charge in [0.05, 0.1) is 0 Å². The van der Waals surface area contributed by atoms with E-state index in [0.29, 0.717) is 5.92 Å². The third-order valence-electron chi connectivity index (χ3n) is 3.10. The van der Waals surface area contributed by atoms with E-state index in [1.165, 1.54) is 29.3 Å². The van der Waals surface area contributed by atoms with Gasteiger partial charge in [0.2, 0.25) is 0 Å². The maximum atomic E-state index is 6.02. The second-order valence-corrected chi connectivity index (χ2v) is 4.38. The lowest BCUT2D eigenvalue weighted by Gasteiger charge is -2.10. The zero-order valence-electron chi connectivity index (χ0n) is 9.18. The molecule has 1 nitrogen and oxygen atoms in total. The Bertz CT molecular complexity index is 455. The summed E-state index contributed by atoms with van der Waals surface area (Å²) in [6.07, 6.45) is 4.48. The fourth-order valence-electron chi connectivity index (χ4n) is 2.18. The zero-order chi connectivity index (χ0) is 10.8. The molecule has 1 aromatic heterocycles. The number of aromatic amines is 1. The number of rotatable bonds is 3. The Kier molecular flexibility index (Phi) is 3.01. The minimum Gasteiger partial charge on any atom is -0.361 e. The van der Waals surface area contributed by atoms with Gasteiger partial charge in [0.1, 0.15) is 0 Å². The van der Waals surface area contributed by atoms with E-state index in [2.05, 4.69) is 31.1 Å². The average molecular weight is 222 g/mol. The van der Waals surface area contributed by atoms with Crippen molar-refractivity contribution in [1.29, 1.82) is 0 Å². The number of fused-ring (bicyclic) bond motifs is 1. The highest BCUT2D eigenvalue weighted by Crippen LogP contribution is 2.31. The van der Waals surface area contributed by atoms with E-state index in [1.807, 2.05) is 12.1 Å². The number of aromatic nitrogens is 1. The monoisotopic (exact) mass is 221 g/mol. The van der Waals surface area contributed by atoms with Gasteiger partial charge in [0.25, 0.3) is 0 Å². The van der Waals surface area contributed by atoms with Gasteiger partial charge in [-0.05, 0) is 42.5 Å². The van der Waals surface area contributed by atoms with E-state index in [-0.39, 0.29) is 0 Å². The fraction of sp³-hybridized carbons (Fsp3) is 0.385. The van der Waals surface area contributed by atoms with Crippen LogP contribution in [0.4, 0.5) is 0 Å². The van der Waals surface area contributed by atoms with Crippen molar-refractivity contribution in [3.8, 4) is 0 Å². The van der Waals surface area contributed by atoms with Crippen LogP contribution in [-0.2, 0) is 0 Å². The summed E-state index contributed by atoms with van der Waals surface area (Å²) < 4.78 is 0. The van der Waals surface area contributed by atoms with E-state index < -0.39 is 0 Å². The number of hydrogen-bond donors (Lipinski definition) is 1. The second kappa shape index (κ2) is 4.28. The summed E-state index contributed by atoms with van der Waals surface area (Å²) in [7, 11) is 0. The van der Waals surface area contributed by atoms with Crippen molar-refractivity contribution in [2.75, 3.05) is 0 Å². The van der Waals surface area contributed by atoms with Crippen LogP contribution in [0.25, 0.3) is 10.9 Å². The van der Waals surface area contributed by atoms with Gasteiger partial charge < -0.3 is 4.98 Å². The minimum absolute atomic E-state index is 0.636. The summed E-state index contributed by atoms with van der Waals surface area (Å²) >= 11 is 6.02. The van der Waals surface area contributed by atoms with E-state index in [1.54, 1.807) is 0 Å². The highest BCUT2D eigenvalue weighted by molar-refractivity contribution is 6.31. The number of nitrogens with one attached hydrogen (secondary N) is 1. The number of hydrogen-bond acceptors (Lipinski definition) is 0. The van der Waals surface area contributed by atoms with Crippen LogP contribution in [0.15, 0.2) is 24.4 Å². The maximum absolute atomic E-state index is 6.02. The van der Waals surface area contributed by atoms with Crippen molar-refractivity contribution in [1.82, 2.24) is 4.98 Å². The summed E-state index contributed by atoms with van der Waals surface area (Å²) in [5.74, 6) is 0.636. The summed E-state index contributed by atoms with van der Waals surface area (Å²) in [5, 5.41) is 2.09. The Morgan fingerprint density at radius 3 is 2.67 bits per heavy atom. The number of benzene rings is 1. The smallest absolute Gasteiger partial charge is 0.0457 e. The molecule has 0 saturated heterocycles. The predicted octanol–water partition coefficient (Wildman–Crippen LogP) is 4.72. The van der Waals surface area contributed by atoms with Crippen molar-refractivity contribution >= 4 is 22.5 Å². The highest BCUT2D eigenvalue weighted by Gasteiger charge is 2.12. The number of H-pyrrole nitrogens is 1. The van der Waals surface area contributed by atoms with Crippen LogP contribution >= 0.6 is 11.6 Å². The molecule has 0 aliphatic rings. The molecule has 0 bridgehead atoms. The molecule has 2 heteroatoms. The summed E-state index contributed by atoms with van der Waals surface area (Å²) in [5.41, 5.74) is 2.58. The molecule has 0 unspecified atom stereocenters. The first-order valence-electron chi connectivity index (χ1n) is 5.52. The van der Waals surface area contributed by atoms with Crippen molar-refractivity contribution < 1.29 is 0 Å². The number of halogens is 1. The zero-order valence-corrected chi connectivity index (χ0v) is 9.93. The Hall–Kier alpha value is -0.950. The van der Waals surface area contributed by atoms with Crippen LogP contribution in [0.5, 0.6) is 0 Å². The van der Waals surface area contributed by atoms with Gasteiger partial charge in [-0.15, -0.1) is 0 Å². The van der Waals surface area contributed by atoms with Gasteiger partial charge in [-0.2, -0.15) is 0 Å². The molecule has 15 heavy (non-hydrogen) atoms. The molecule has 2 aromatic rings. The molecule has 0 aliphatic heterocycles. The predicted molar refractivity (Wildman–Crippen MR) is 66.6 cm³/mol. The Balaban J connectivity index is 2.55. The molecule has 1 heterocycles. The normalized spacial score (nSPS) is 11.5. The van der Waals surface area contributed by atoms with Crippen LogP contribution in [0.2, 0.25) is 5.02 Å². The minimum atomic E-state index is 0.636. The van der Waals surface area contributed by atoms with Crippen LogP contribution in [0, 0.1) is 0 Å². The molecule has 0 atom stereocenters. The van der Waals surface area contributed by atoms with Crippen molar-refractivity contribution in [2.24, 2.45) is 0 Å². The van der Waals surface area contributed by atoms with Gasteiger partial charge in [-0.3, -0.25) is 0 Å².